The fraction of sp³-hybridized carbons (Fsp3) is 0.875. The van der Waals surface area contributed by atoms with Crippen molar-refractivity contribution in [3.63, 3.8) is 0 Å². The standard InChI is InChI=1S/C8H15NOS/c1-7(2)5-9(6-10)8(3,4)11-7/h6H,5H2,1-4H3. The predicted octanol–water partition coefficient (Wildman–Crippen LogP) is 1.71. The van der Waals surface area contributed by atoms with Crippen LogP contribution in [0.1, 0.15) is 27.7 Å². The van der Waals surface area contributed by atoms with Gasteiger partial charge in [0.25, 0.3) is 0 Å². The molecule has 1 aliphatic rings. The largest absolute Gasteiger partial charge is 0.330 e. The lowest BCUT2D eigenvalue weighted by Crippen LogP contribution is -2.35. The molecule has 0 aromatic heterocycles. The first-order valence-corrected chi connectivity index (χ1v) is 4.61. The van der Waals surface area contributed by atoms with Crippen LogP contribution < -0.4 is 0 Å². The van der Waals surface area contributed by atoms with Crippen molar-refractivity contribution in [3.05, 3.63) is 0 Å². The summed E-state index contributed by atoms with van der Waals surface area (Å²) in [5, 5.41) is 0. The molecule has 1 rings (SSSR count). The smallest absolute Gasteiger partial charge is 0.210 e. The maximum absolute atomic E-state index is 10.6. The van der Waals surface area contributed by atoms with Gasteiger partial charge in [-0.2, -0.15) is 0 Å². The highest BCUT2D eigenvalue weighted by Crippen LogP contribution is 2.45. The van der Waals surface area contributed by atoms with Gasteiger partial charge in [-0.15, -0.1) is 11.8 Å². The number of rotatable bonds is 1. The van der Waals surface area contributed by atoms with Crippen LogP contribution >= 0.6 is 11.8 Å². The molecule has 0 N–H and O–H groups in total. The van der Waals surface area contributed by atoms with Gasteiger partial charge in [0.05, 0.1) is 4.87 Å². The highest BCUT2D eigenvalue weighted by atomic mass is 32.2. The first-order chi connectivity index (χ1) is 4.87. The number of carbonyl (C=O) groups excluding carboxylic acids is 1. The normalized spacial score (nSPS) is 27.1. The molecule has 1 fully saturated rings. The van der Waals surface area contributed by atoms with E-state index in [1.165, 1.54) is 0 Å². The summed E-state index contributed by atoms with van der Waals surface area (Å²) >= 11 is 1.85. The Labute approximate surface area is 72.3 Å². The van der Waals surface area contributed by atoms with Crippen LogP contribution in [-0.4, -0.2) is 27.5 Å². The van der Waals surface area contributed by atoms with E-state index in [0.717, 1.165) is 13.0 Å². The molecule has 1 aliphatic heterocycles. The summed E-state index contributed by atoms with van der Waals surface area (Å²) in [6.07, 6.45) is 0.946. The summed E-state index contributed by atoms with van der Waals surface area (Å²) < 4.78 is 0.213. The summed E-state index contributed by atoms with van der Waals surface area (Å²) in [5.41, 5.74) is 0. The first kappa shape index (κ1) is 8.91. The molecule has 0 atom stereocenters. The van der Waals surface area contributed by atoms with Gasteiger partial charge in [-0.1, -0.05) is 0 Å². The van der Waals surface area contributed by atoms with Gasteiger partial charge in [-0.3, -0.25) is 4.79 Å². The monoisotopic (exact) mass is 173 g/mol. The van der Waals surface area contributed by atoms with Crippen LogP contribution in [0, 0.1) is 0 Å². The number of thioether (sulfide) groups is 1. The molecule has 0 spiro atoms. The Balaban J connectivity index is 2.79. The molecule has 3 heteroatoms. The quantitative estimate of drug-likeness (QED) is 0.563. The van der Waals surface area contributed by atoms with Gasteiger partial charge in [0, 0.05) is 11.3 Å². The van der Waals surface area contributed by atoms with E-state index in [9.17, 15) is 4.79 Å². The van der Waals surface area contributed by atoms with Crippen LogP contribution in [0.25, 0.3) is 0 Å². The Kier molecular flexibility index (Phi) is 1.95. The van der Waals surface area contributed by atoms with E-state index >= 15 is 0 Å². The Morgan fingerprint density at radius 3 is 2.09 bits per heavy atom. The lowest BCUT2D eigenvalue weighted by atomic mass is 10.2. The predicted molar refractivity (Wildman–Crippen MR) is 48.5 cm³/mol. The molecule has 1 heterocycles. The van der Waals surface area contributed by atoms with Crippen LogP contribution in [0.15, 0.2) is 0 Å². The van der Waals surface area contributed by atoms with Crippen LogP contribution in [-0.2, 0) is 4.79 Å². The Bertz CT molecular complexity index is 177. The second-order valence-electron chi connectivity index (χ2n) is 4.04. The molecule has 1 amide bonds. The second kappa shape index (κ2) is 2.41. The Hall–Kier alpha value is -0.180. The zero-order chi connectivity index (χ0) is 8.70. The molecule has 0 aliphatic carbocycles. The van der Waals surface area contributed by atoms with Crippen LogP contribution in [0.5, 0.6) is 0 Å². The average Bonchev–Trinajstić information content (AvgIpc) is 1.99. The van der Waals surface area contributed by atoms with Crippen molar-refractivity contribution in [3.8, 4) is 0 Å². The van der Waals surface area contributed by atoms with Gasteiger partial charge in [-0.25, -0.2) is 0 Å². The summed E-state index contributed by atoms with van der Waals surface area (Å²) in [7, 11) is 0. The maximum atomic E-state index is 10.6. The van der Waals surface area contributed by atoms with Crippen LogP contribution in [0.2, 0.25) is 0 Å². The van der Waals surface area contributed by atoms with Crippen molar-refractivity contribution in [1.29, 1.82) is 0 Å². The third-order valence-electron chi connectivity index (χ3n) is 1.90. The lowest BCUT2D eigenvalue weighted by Gasteiger charge is -2.25. The molecule has 11 heavy (non-hydrogen) atoms. The fourth-order valence-corrected chi connectivity index (χ4v) is 3.31. The van der Waals surface area contributed by atoms with Gasteiger partial charge >= 0.3 is 0 Å². The Morgan fingerprint density at radius 1 is 1.36 bits per heavy atom. The van der Waals surface area contributed by atoms with Crippen molar-refractivity contribution in [1.82, 2.24) is 4.90 Å². The molecular weight excluding hydrogens is 158 g/mol. The summed E-state index contributed by atoms with van der Waals surface area (Å²) in [5.74, 6) is 0. The van der Waals surface area contributed by atoms with Gasteiger partial charge in [0.1, 0.15) is 0 Å². The summed E-state index contributed by atoms with van der Waals surface area (Å²) in [4.78, 5) is 12.5. The van der Waals surface area contributed by atoms with E-state index in [4.69, 9.17) is 0 Å². The molecule has 2 nitrogen and oxygen atoms in total. The molecule has 0 bridgehead atoms. The second-order valence-corrected chi connectivity index (χ2v) is 6.35. The minimum Gasteiger partial charge on any atom is -0.330 e. The average molecular weight is 173 g/mol. The summed E-state index contributed by atoms with van der Waals surface area (Å²) in [6.45, 7) is 9.36. The van der Waals surface area contributed by atoms with E-state index in [0.29, 0.717) is 0 Å². The van der Waals surface area contributed by atoms with Crippen LogP contribution in [0.3, 0.4) is 0 Å². The van der Waals surface area contributed by atoms with E-state index in [1.807, 2.05) is 16.7 Å². The van der Waals surface area contributed by atoms with Crippen LogP contribution in [0.4, 0.5) is 0 Å². The van der Waals surface area contributed by atoms with E-state index in [2.05, 4.69) is 27.7 Å². The lowest BCUT2D eigenvalue weighted by molar-refractivity contribution is -0.120. The van der Waals surface area contributed by atoms with E-state index < -0.39 is 0 Å². The third kappa shape index (κ3) is 1.70. The Morgan fingerprint density at radius 2 is 1.91 bits per heavy atom. The van der Waals surface area contributed by atoms with Crippen molar-refractivity contribution in [2.45, 2.75) is 37.3 Å². The maximum Gasteiger partial charge on any atom is 0.210 e. The van der Waals surface area contributed by atoms with Crippen molar-refractivity contribution in [2.24, 2.45) is 0 Å². The van der Waals surface area contributed by atoms with E-state index in [1.54, 1.807) is 0 Å². The van der Waals surface area contributed by atoms with Gasteiger partial charge < -0.3 is 4.90 Å². The molecule has 0 aromatic carbocycles. The van der Waals surface area contributed by atoms with Gasteiger partial charge in [0.15, 0.2) is 0 Å². The fourth-order valence-electron chi connectivity index (χ4n) is 1.53. The topological polar surface area (TPSA) is 20.3 Å². The minimum absolute atomic E-state index is 0.0226. The molecule has 1 saturated heterocycles. The molecular formula is C8H15NOS. The van der Waals surface area contributed by atoms with E-state index in [-0.39, 0.29) is 9.62 Å². The molecule has 0 aromatic rings. The zero-order valence-electron chi connectivity index (χ0n) is 7.55. The number of amides is 1. The van der Waals surface area contributed by atoms with Gasteiger partial charge in [-0.05, 0) is 27.7 Å². The SMILES string of the molecule is CC1(C)CN(C=O)C(C)(C)S1. The highest BCUT2D eigenvalue weighted by Gasteiger charge is 2.42. The summed E-state index contributed by atoms with van der Waals surface area (Å²) in [6, 6.07) is 0. The number of hydrogen-bond acceptors (Lipinski definition) is 2. The van der Waals surface area contributed by atoms with Crippen molar-refractivity contribution < 1.29 is 4.79 Å². The van der Waals surface area contributed by atoms with Crippen molar-refractivity contribution in [2.75, 3.05) is 6.54 Å². The number of nitrogens with zero attached hydrogens (tertiary/aromatic N) is 1. The first-order valence-electron chi connectivity index (χ1n) is 3.80. The van der Waals surface area contributed by atoms with Crippen molar-refractivity contribution >= 4 is 18.2 Å². The number of carbonyl (C=O) groups is 1. The number of hydrogen-bond donors (Lipinski definition) is 0. The highest BCUT2D eigenvalue weighted by molar-refractivity contribution is 8.02. The third-order valence-corrected chi connectivity index (χ3v) is 3.31. The molecule has 0 saturated carbocycles. The molecule has 0 unspecified atom stereocenters. The molecule has 0 radical (unpaired) electrons. The minimum atomic E-state index is -0.0226. The van der Waals surface area contributed by atoms with Gasteiger partial charge in [0.2, 0.25) is 6.41 Å². The zero-order valence-corrected chi connectivity index (χ0v) is 8.36. The molecule has 64 valence electrons.